The van der Waals surface area contributed by atoms with Crippen molar-refractivity contribution in [1.29, 1.82) is 0 Å². The van der Waals surface area contributed by atoms with E-state index >= 15 is 0 Å². The van der Waals surface area contributed by atoms with Crippen molar-refractivity contribution in [3.63, 3.8) is 0 Å². The lowest BCUT2D eigenvalue weighted by Gasteiger charge is -2.37. The highest BCUT2D eigenvalue weighted by Gasteiger charge is 2.29. The van der Waals surface area contributed by atoms with Gasteiger partial charge in [0.2, 0.25) is 5.91 Å². The number of aryl methyl sites for hydroxylation is 1. The molecule has 0 saturated heterocycles. The zero-order valence-corrected chi connectivity index (χ0v) is 15.9. The zero-order chi connectivity index (χ0) is 19.4. The van der Waals surface area contributed by atoms with E-state index in [1.165, 1.54) is 20.8 Å². The Kier molecular flexibility index (Phi) is 6.67. The normalized spacial score (nSPS) is 12.3. The van der Waals surface area contributed by atoms with Crippen molar-refractivity contribution >= 4 is 17.8 Å². The molecule has 7 heteroatoms. The first-order valence-electron chi connectivity index (χ1n) is 8.03. The summed E-state index contributed by atoms with van der Waals surface area (Å²) in [6.07, 6.45) is -0.717. The van der Waals surface area contributed by atoms with Gasteiger partial charge < -0.3 is 14.4 Å². The molecule has 1 aromatic heterocycles. The molecule has 138 valence electrons. The molecule has 1 heterocycles. The van der Waals surface area contributed by atoms with E-state index in [1.54, 1.807) is 24.0 Å². The summed E-state index contributed by atoms with van der Waals surface area (Å²) in [5, 5.41) is 0. The van der Waals surface area contributed by atoms with Crippen LogP contribution in [0.25, 0.3) is 0 Å². The van der Waals surface area contributed by atoms with Crippen LogP contribution in [0, 0.1) is 6.92 Å². The molecule has 25 heavy (non-hydrogen) atoms. The lowest BCUT2D eigenvalue weighted by atomic mass is 10.0. The number of pyridine rings is 1. The average Bonchev–Trinajstić information content (AvgIpc) is 2.43. The van der Waals surface area contributed by atoms with E-state index in [-0.39, 0.29) is 12.5 Å². The van der Waals surface area contributed by atoms with Gasteiger partial charge in [0.15, 0.2) is 11.9 Å². The molecule has 1 atom stereocenters. The molecule has 0 bridgehead atoms. The Bertz CT molecular complexity index is 664. The number of amides is 1. The molecule has 1 aromatic rings. The maximum absolute atomic E-state index is 12.0. The fourth-order valence-corrected chi connectivity index (χ4v) is 2.44. The Hall–Kier alpha value is -2.44. The van der Waals surface area contributed by atoms with Crippen molar-refractivity contribution in [2.75, 3.05) is 6.54 Å². The number of aromatic nitrogens is 1. The molecule has 1 unspecified atom stereocenters. The van der Waals surface area contributed by atoms with Crippen LogP contribution in [0.4, 0.5) is 0 Å². The van der Waals surface area contributed by atoms with E-state index in [4.69, 9.17) is 9.47 Å². The second-order valence-corrected chi connectivity index (χ2v) is 6.81. The lowest BCUT2D eigenvalue weighted by molar-refractivity contribution is -0.152. The van der Waals surface area contributed by atoms with Crippen molar-refractivity contribution in [3.05, 3.63) is 23.5 Å². The van der Waals surface area contributed by atoms with Gasteiger partial charge in [-0.05, 0) is 39.8 Å². The molecule has 0 spiro atoms. The number of hydrogen-bond donors (Lipinski definition) is 0. The van der Waals surface area contributed by atoms with Crippen LogP contribution in [0.1, 0.15) is 59.0 Å². The van der Waals surface area contributed by atoms with Gasteiger partial charge in [-0.25, -0.2) is 0 Å². The minimum Gasteiger partial charge on any atom is -0.454 e. The molecule has 0 radical (unpaired) electrons. The van der Waals surface area contributed by atoms with E-state index in [0.29, 0.717) is 17.1 Å². The molecule has 7 nitrogen and oxygen atoms in total. The number of rotatable bonds is 5. The molecular weight excluding hydrogens is 324 g/mol. The topological polar surface area (TPSA) is 85.8 Å². The summed E-state index contributed by atoms with van der Waals surface area (Å²) in [4.78, 5) is 40.6. The minimum atomic E-state index is -0.717. The number of esters is 2. The highest BCUT2D eigenvalue weighted by Crippen LogP contribution is 2.25. The van der Waals surface area contributed by atoms with Crippen LogP contribution in [-0.4, -0.2) is 39.8 Å². The van der Waals surface area contributed by atoms with E-state index in [0.717, 1.165) is 0 Å². The molecule has 0 aliphatic heterocycles. The maximum Gasteiger partial charge on any atom is 0.308 e. The standard InChI is InChI=1S/C18H26N2O5/c1-11-16(24-13(3)22)9-8-15(19-11)17(25-14(4)23)10-20(12(2)21)18(5,6)7/h8-9,17H,10H2,1-7H3. The maximum atomic E-state index is 12.0. The summed E-state index contributed by atoms with van der Waals surface area (Å²) in [7, 11) is 0. The van der Waals surface area contributed by atoms with Crippen molar-refractivity contribution in [2.24, 2.45) is 0 Å². The quantitative estimate of drug-likeness (QED) is 0.759. The number of carbonyl (C=O) groups excluding carboxylic acids is 3. The summed E-state index contributed by atoms with van der Waals surface area (Å²) >= 11 is 0. The van der Waals surface area contributed by atoms with Crippen LogP contribution >= 0.6 is 0 Å². The van der Waals surface area contributed by atoms with Gasteiger partial charge in [-0.2, -0.15) is 0 Å². The Morgan fingerprint density at radius 2 is 1.72 bits per heavy atom. The predicted molar refractivity (Wildman–Crippen MR) is 91.9 cm³/mol. The van der Waals surface area contributed by atoms with Crippen molar-refractivity contribution in [2.45, 2.75) is 60.1 Å². The third-order valence-corrected chi connectivity index (χ3v) is 3.49. The Morgan fingerprint density at radius 3 is 2.12 bits per heavy atom. The molecule has 0 aliphatic rings. The van der Waals surface area contributed by atoms with Gasteiger partial charge in [0.05, 0.1) is 17.9 Å². The predicted octanol–water partition coefficient (Wildman–Crippen LogP) is 2.57. The molecule has 1 rings (SSSR count). The van der Waals surface area contributed by atoms with Gasteiger partial charge in [0.25, 0.3) is 0 Å². The second-order valence-electron chi connectivity index (χ2n) is 6.81. The molecule has 0 N–H and O–H groups in total. The Balaban J connectivity index is 3.18. The van der Waals surface area contributed by atoms with E-state index < -0.39 is 23.6 Å². The fourth-order valence-electron chi connectivity index (χ4n) is 2.44. The summed E-state index contributed by atoms with van der Waals surface area (Å²) in [5.74, 6) is -0.689. The first-order valence-corrected chi connectivity index (χ1v) is 8.03. The first-order chi connectivity index (χ1) is 11.4. The minimum absolute atomic E-state index is 0.127. The summed E-state index contributed by atoms with van der Waals surface area (Å²) in [5.41, 5.74) is 0.547. The highest BCUT2D eigenvalue weighted by atomic mass is 16.5. The van der Waals surface area contributed by atoms with E-state index in [1.807, 2.05) is 20.8 Å². The van der Waals surface area contributed by atoms with Gasteiger partial charge in [-0.15, -0.1) is 0 Å². The van der Waals surface area contributed by atoms with Crippen LogP contribution < -0.4 is 4.74 Å². The summed E-state index contributed by atoms with van der Waals surface area (Å²) in [6, 6.07) is 3.23. The SMILES string of the molecule is CC(=O)Oc1ccc(C(CN(C(C)=O)C(C)(C)C)OC(C)=O)nc1C. The Morgan fingerprint density at radius 1 is 1.12 bits per heavy atom. The largest absolute Gasteiger partial charge is 0.454 e. The first kappa shape index (κ1) is 20.6. The number of ether oxygens (including phenoxy) is 2. The molecule has 0 fully saturated rings. The summed E-state index contributed by atoms with van der Waals surface area (Å²) < 4.78 is 10.4. The Labute approximate surface area is 148 Å². The number of nitrogens with zero attached hydrogens (tertiary/aromatic N) is 2. The van der Waals surface area contributed by atoms with Gasteiger partial charge in [0, 0.05) is 26.3 Å². The van der Waals surface area contributed by atoms with Crippen molar-refractivity contribution in [1.82, 2.24) is 9.88 Å². The monoisotopic (exact) mass is 350 g/mol. The smallest absolute Gasteiger partial charge is 0.308 e. The highest BCUT2D eigenvalue weighted by molar-refractivity contribution is 5.74. The van der Waals surface area contributed by atoms with Gasteiger partial charge in [-0.3, -0.25) is 19.4 Å². The summed E-state index contributed by atoms with van der Waals surface area (Å²) in [6.45, 7) is 11.7. The van der Waals surface area contributed by atoms with Crippen LogP contribution in [0.3, 0.4) is 0 Å². The fraction of sp³-hybridized carbons (Fsp3) is 0.556. The van der Waals surface area contributed by atoms with E-state index in [2.05, 4.69) is 4.98 Å². The van der Waals surface area contributed by atoms with Gasteiger partial charge in [-0.1, -0.05) is 0 Å². The lowest BCUT2D eigenvalue weighted by Crippen LogP contribution is -2.47. The van der Waals surface area contributed by atoms with Crippen LogP contribution in [0.15, 0.2) is 12.1 Å². The zero-order valence-electron chi connectivity index (χ0n) is 15.9. The molecule has 0 aromatic carbocycles. The van der Waals surface area contributed by atoms with Crippen LogP contribution in [0.5, 0.6) is 5.75 Å². The number of carbonyl (C=O) groups is 3. The second kappa shape index (κ2) is 8.09. The van der Waals surface area contributed by atoms with Gasteiger partial charge >= 0.3 is 11.9 Å². The third kappa shape index (κ3) is 6.17. The van der Waals surface area contributed by atoms with Crippen molar-refractivity contribution in [3.8, 4) is 5.75 Å². The molecule has 0 saturated carbocycles. The number of hydrogen-bond acceptors (Lipinski definition) is 6. The van der Waals surface area contributed by atoms with E-state index in [9.17, 15) is 14.4 Å². The molecule has 1 amide bonds. The third-order valence-electron chi connectivity index (χ3n) is 3.49. The molecule has 0 aliphatic carbocycles. The average molecular weight is 350 g/mol. The van der Waals surface area contributed by atoms with Crippen LogP contribution in [-0.2, 0) is 19.1 Å². The van der Waals surface area contributed by atoms with Crippen molar-refractivity contribution < 1.29 is 23.9 Å². The molecular formula is C18H26N2O5. The van der Waals surface area contributed by atoms with Gasteiger partial charge in [0.1, 0.15) is 0 Å². The van der Waals surface area contributed by atoms with Crippen LogP contribution in [0.2, 0.25) is 0 Å².